The summed E-state index contributed by atoms with van der Waals surface area (Å²) in [6, 6.07) is 3.43. The summed E-state index contributed by atoms with van der Waals surface area (Å²) in [7, 11) is 0. The number of anilines is 2. The number of benzene rings is 1. The second kappa shape index (κ2) is 4.85. The Kier molecular flexibility index (Phi) is 3.33. The smallest absolute Gasteiger partial charge is 0.232 e. The van der Waals surface area contributed by atoms with Gasteiger partial charge in [0.1, 0.15) is 0 Å². The van der Waals surface area contributed by atoms with Crippen LogP contribution in [0.2, 0.25) is 10.0 Å². The van der Waals surface area contributed by atoms with Crippen molar-refractivity contribution in [3.05, 3.63) is 22.2 Å². The molecule has 6 heteroatoms. The van der Waals surface area contributed by atoms with E-state index in [9.17, 15) is 4.79 Å². The van der Waals surface area contributed by atoms with Crippen LogP contribution in [0.3, 0.4) is 0 Å². The van der Waals surface area contributed by atoms with E-state index >= 15 is 0 Å². The van der Waals surface area contributed by atoms with Gasteiger partial charge in [0, 0.05) is 19.8 Å². The molecule has 3 rings (SSSR count). The first-order chi connectivity index (χ1) is 9.11. The molecule has 4 nitrogen and oxygen atoms in total. The number of hydrogen-bond acceptors (Lipinski definition) is 3. The normalized spacial score (nSPS) is 21.3. The number of nitrogens with one attached hydrogen (secondary N) is 2. The van der Waals surface area contributed by atoms with Gasteiger partial charge in [-0.1, -0.05) is 23.2 Å². The predicted octanol–water partition coefficient (Wildman–Crippen LogP) is 3.15. The first-order valence-electron chi connectivity index (χ1n) is 6.23. The standard InChI is InChI=1S/C13H14Cl2N2O2/c14-8-5-10-11(6-9(8)15)17-12(18)13(7-16-10)1-3-19-4-2-13/h5-6,16H,1-4,7H2,(H,17,18). The lowest BCUT2D eigenvalue weighted by atomic mass is 9.79. The van der Waals surface area contributed by atoms with E-state index in [1.165, 1.54) is 0 Å². The van der Waals surface area contributed by atoms with E-state index in [2.05, 4.69) is 10.6 Å². The molecule has 0 atom stereocenters. The molecule has 19 heavy (non-hydrogen) atoms. The van der Waals surface area contributed by atoms with Gasteiger partial charge in [0.15, 0.2) is 0 Å². The molecule has 1 aromatic carbocycles. The van der Waals surface area contributed by atoms with Gasteiger partial charge in [0.05, 0.1) is 26.8 Å². The number of hydrogen-bond donors (Lipinski definition) is 2. The van der Waals surface area contributed by atoms with Gasteiger partial charge in [-0.3, -0.25) is 4.79 Å². The van der Waals surface area contributed by atoms with Crippen molar-refractivity contribution in [2.45, 2.75) is 12.8 Å². The van der Waals surface area contributed by atoms with Gasteiger partial charge in [-0.15, -0.1) is 0 Å². The number of ether oxygens (including phenoxy) is 1. The Bertz CT molecular complexity index is 528. The molecule has 0 aromatic heterocycles. The number of rotatable bonds is 0. The first-order valence-corrected chi connectivity index (χ1v) is 6.98. The molecule has 2 N–H and O–H groups in total. The van der Waals surface area contributed by atoms with Crippen LogP contribution in [0.5, 0.6) is 0 Å². The lowest BCUT2D eigenvalue weighted by molar-refractivity contribution is -0.129. The van der Waals surface area contributed by atoms with Crippen molar-refractivity contribution < 1.29 is 9.53 Å². The third kappa shape index (κ3) is 2.29. The highest BCUT2D eigenvalue weighted by Gasteiger charge is 2.41. The topological polar surface area (TPSA) is 50.4 Å². The van der Waals surface area contributed by atoms with Crippen LogP contribution < -0.4 is 10.6 Å². The van der Waals surface area contributed by atoms with E-state index in [-0.39, 0.29) is 5.91 Å². The van der Waals surface area contributed by atoms with Crippen molar-refractivity contribution in [1.29, 1.82) is 0 Å². The van der Waals surface area contributed by atoms with Gasteiger partial charge >= 0.3 is 0 Å². The minimum Gasteiger partial charge on any atom is -0.382 e. The van der Waals surface area contributed by atoms with Crippen LogP contribution in [-0.4, -0.2) is 25.7 Å². The lowest BCUT2D eigenvalue weighted by Crippen LogP contribution is -2.44. The quantitative estimate of drug-likeness (QED) is 0.774. The summed E-state index contributed by atoms with van der Waals surface area (Å²) in [5.41, 5.74) is 1.09. The Morgan fingerprint density at radius 1 is 1.11 bits per heavy atom. The molecule has 1 saturated heterocycles. The van der Waals surface area contributed by atoms with Crippen LogP contribution in [0, 0.1) is 5.41 Å². The molecule has 0 saturated carbocycles. The van der Waals surface area contributed by atoms with Crippen molar-refractivity contribution in [2.24, 2.45) is 5.41 Å². The number of carbonyl (C=O) groups is 1. The fourth-order valence-corrected chi connectivity index (χ4v) is 2.89. The van der Waals surface area contributed by atoms with Crippen LogP contribution in [0.4, 0.5) is 11.4 Å². The summed E-state index contributed by atoms with van der Waals surface area (Å²) in [5.74, 6) is 0.0282. The first kappa shape index (κ1) is 13.0. The van der Waals surface area contributed by atoms with E-state index in [1.54, 1.807) is 12.1 Å². The summed E-state index contributed by atoms with van der Waals surface area (Å²) in [4.78, 5) is 12.5. The highest BCUT2D eigenvalue weighted by Crippen LogP contribution is 2.39. The molecule has 2 aliphatic rings. The molecule has 1 amide bonds. The summed E-state index contributed by atoms with van der Waals surface area (Å²) in [5, 5.41) is 7.17. The van der Waals surface area contributed by atoms with Crippen LogP contribution in [0.25, 0.3) is 0 Å². The number of halogens is 2. The molecule has 1 aromatic rings. The Morgan fingerprint density at radius 3 is 2.42 bits per heavy atom. The molecule has 0 radical (unpaired) electrons. The van der Waals surface area contributed by atoms with E-state index in [0.29, 0.717) is 35.5 Å². The minimum absolute atomic E-state index is 0.0282. The monoisotopic (exact) mass is 300 g/mol. The van der Waals surface area contributed by atoms with Crippen molar-refractivity contribution >= 4 is 40.5 Å². The van der Waals surface area contributed by atoms with E-state index in [0.717, 1.165) is 18.5 Å². The highest BCUT2D eigenvalue weighted by atomic mass is 35.5. The summed E-state index contributed by atoms with van der Waals surface area (Å²) in [6.45, 7) is 1.83. The van der Waals surface area contributed by atoms with Crippen LogP contribution >= 0.6 is 23.2 Å². The minimum atomic E-state index is -0.407. The zero-order valence-corrected chi connectivity index (χ0v) is 11.8. The maximum atomic E-state index is 12.5. The van der Waals surface area contributed by atoms with Crippen LogP contribution in [0.15, 0.2) is 12.1 Å². The molecule has 102 valence electrons. The average molecular weight is 301 g/mol. The van der Waals surface area contributed by atoms with Gasteiger partial charge in [-0.25, -0.2) is 0 Å². The second-order valence-electron chi connectivity index (χ2n) is 5.01. The fourth-order valence-electron chi connectivity index (χ4n) is 2.56. The molecule has 2 heterocycles. The third-order valence-electron chi connectivity index (χ3n) is 3.86. The second-order valence-corrected chi connectivity index (χ2v) is 5.83. The zero-order valence-electron chi connectivity index (χ0n) is 10.3. The SMILES string of the molecule is O=C1Nc2cc(Cl)c(Cl)cc2NCC12CCOCC2. The highest BCUT2D eigenvalue weighted by molar-refractivity contribution is 6.42. The van der Waals surface area contributed by atoms with Crippen molar-refractivity contribution in [3.63, 3.8) is 0 Å². The van der Waals surface area contributed by atoms with Gasteiger partial charge in [-0.2, -0.15) is 0 Å². The predicted molar refractivity (Wildman–Crippen MR) is 76.1 cm³/mol. The summed E-state index contributed by atoms with van der Waals surface area (Å²) in [6.07, 6.45) is 1.45. The Morgan fingerprint density at radius 2 is 1.74 bits per heavy atom. The fraction of sp³-hybridized carbons (Fsp3) is 0.462. The summed E-state index contributed by atoms with van der Waals surface area (Å²) >= 11 is 12.0. The molecule has 0 unspecified atom stereocenters. The third-order valence-corrected chi connectivity index (χ3v) is 4.58. The molecule has 0 bridgehead atoms. The van der Waals surface area contributed by atoms with Crippen molar-refractivity contribution in [1.82, 2.24) is 0 Å². The zero-order chi connectivity index (χ0) is 13.5. The van der Waals surface area contributed by atoms with E-state index in [4.69, 9.17) is 27.9 Å². The van der Waals surface area contributed by atoms with Crippen LogP contribution in [0.1, 0.15) is 12.8 Å². The summed E-state index contributed by atoms with van der Waals surface area (Å²) < 4.78 is 5.35. The van der Waals surface area contributed by atoms with Crippen molar-refractivity contribution in [2.75, 3.05) is 30.4 Å². The van der Waals surface area contributed by atoms with Gasteiger partial charge in [-0.05, 0) is 25.0 Å². The van der Waals surface area contributed by atoms with Crippen molar-refractivity contribution in [3.8, 4) is 0 Å². The van der Waals surface area contributed by atoms with E-state index in [1.807, 2.05) is 0 Å². The number of carbonyl (C=O) groups excluding carboxylic acids is 1. The lowest BCUT2D eigenvalue weighted by Gasteiger charge is -2.34. The maximum Gasteiger partial charge on any atom is 0.232 e. The van der Waals surface area contributed by atoms with E-state index < -0.39 is 5.41 Å². The van der Waals surface area contributed by atoms with Gasteiger partial charge in [0.2, 0.25) is 5.91 Å². The molecule has 1 fully saturated rings. The molecular weight excluding hydrogens is 287 g/mol. The van der Waals surface area contributed by atoms with Gasteiger partial charge < -0.3 is 15.4 Å². The van der Waals surface area contributed by atoms with Gasteiger partial charge in [0.25, 0.3) is 0 Å². The Balaban J connectivity index is 1.95. The number of fused-ring (bicyclic) bond motifs is 1. The maximum absolute atomic E-state index is 12.5. The van der Waals surface area contributed by atoms with Crippen LogP contribution in [-0.2, 0) is 9.53 Å². The average Bonchev–Trinajstić information content (AvgIpc) is 2.52. The molecule has 1 spiro atoms. The number of amides is 1. The molecular formula is C13H14Cl2N2O2. The molecule has 0 aliphatic carbocycles. The Hall–Kier alpha value is -0.970. The largest absolute Gasteiger partial charge is 0.382 e. The molecule has 2 aliphatic heterocycles. The Labute approximate surface area is 121 Å².